The first-order valence-electron chi connectivity index (χ1n) is 9.65. The molecule has 0 bridgehead atoms. The Morgan fingerprint density at radius 3 is 2.22 bits per heavy atom. The maximum atomic E-state index is 13.4. The van der Waals surface area contributed by atoms with Crippen LogP contribution < -0.4 is 19.1 Å². The Labute approximate surface area is 186 Å². The summed E-state index contributed by atoms with van der Waals surface area (Å²) in [5.74, 6) is 0.104. The number of benzene rings is 3. The van der Waals surface area contributed by atoms with Crippen molar-refractivity contribution in [1.29, 1.82) is 0 Å². The molecule has 0 aliphatic heterocycles. The number of rotatable bonds is 9. The number of nitrogens with zero attached hydrogens (tertiary/aromatic N) is 1. The summed E-state index contributed by atoms with van der Waals surface area (Å²) >= 11 is 0. The average Bonchev–Trinajstić information content (AvgIpc) is 2.82. The molecule has 0 fully saturated rings. The molecule has 3 rings (SSSR count). The molecule has 0 heterocycles. The summed E-state index contributed by atoms with van der Waals surface area (Å²) < 4.78 is 51.2. The van der Waals surface area contributed by atoms with Gasteiger partial charge < -0.3 is 14.8 Å². The van der Waals surface area contributed by atoms with E-state index in [1.54, 1.807) is 25.3 Å². The molecule has 0 atom stereocenters. The van der Waals surface area contributed by atoms with Gasteiger partial charge in [0.15, 0.2) is 0 Å². The molecule has 0 saturated carbocycles. The first-order chi connectivity index (χ1) is 15.3. The lowest BCUT2D eigenvalue weighted by atomic mass is 10.2. The van der Waals surface area contributed by atoms with Gasteiger partial charge in [0.2, 0.25) is 5.91 Å². The molecule has 168 valence electrons. The van der Waals surface area contributed by atoms with E-state index in [2.05, 4.69) is 5.32 Å². The summed E-state index contributed by atoms with van der Waals surface area (Å²) in [4.78, 5) is 12.6. The fraction of sp³-hybridized carbons (Fsp3) is 0.174. The highest BCUT2D eigenvalue weighted by Gasteiger charge is 2.27. The second-order valence-electron chi connectivity index (χ2n) is 6.79. The zero-order chi connectivity index (χ0) is 23.1. The minimum absolute atomic E-state index is 0.0248. The zero-order valence-corrected chi connectivity index (χ0v) is 18.4. The van der Waals surface area contributed by atoms with Gasteiger partial charge in [-0.15, -0.1) is 0 Å². The minimum Gasteiger partial charge on any atom is -0.497 e. The summed E-state index contributed by atoms with van der Waals surface area (Å²) in [5.41, 5.74) is 0.961. The number of sulfonamides is 1. The van der Waals surface area contributed by atoms with E-state index in [0.717, 1.165) is 22.0 Å². The Balaban J connectivity index is 1.83. The monoisotopic (exact) mass is 458 g/mol. The number of nitrogens with one attached hydrogen (secondary N) is 1. The molecule has 0 spiro atoms. The predicted octanol–water partition coefficient (Wildman–Crippen LogP) is 3.35. The molecule has 7 nitrogen and oxygen atoms in total. The van der Waals surface area contributed by atoms with Crippen LogP contribution in [-0.2, 0) is 21.4 Å². The molecule has 0 aromatic heterocycles. The molecule has 32 heavy (non-hydrogen) atoms. The summed E-state index contributed by atoms with van der Waals surface area (Å²) in [6.07, 6.45) is 0. The number of ether oxygens (including phenoxy) is 2. The fourth-order valence-corrected chi connectivity index (χ4v) is 4.39. The van der Waals surface area contributed by atoms with Crippen molar-refractivity contribution in [3.8, 4) is 11.5 Å². The van der Waals surface area contributed by atoms with Crippen LogP contribution in [0.4, 0.5) is 10.1 Å². The number of hydrogen-bond donors (Lipinski definition) is 1. The molecular weight excluding hydrogens is 435 g/mol. The molecule has 1 amide bonds. The van der Waals surface area contributed by atoms with Crippen LogP contribution in [0.25, 0.3) is 0 Å². The van der Waals surface area contributed by atoms with Crippen LogP contribution in [0.15, 0.2) is 77.7 Å². The van der Waals surface area contributed by atoms with Crippen molar-refractivity contribution in [2.45, 2.75) is 11.4 Å². The summed E-state index contributed by atoms with van der Waals surface area (Å²) in [5, 5.41) is 2.71. The van der Waals surface area contributed by atoms with E-state index in [-0.39, 0.29) is 17.1 Å². The maximum Gasteiger partial charge on any atom is 0.264 e. The van der Waals surface area contributed by atoms with Gasteiger partial charge in [0.05, 0.1) is 24.8 Å². The number of anilines is 1. The largest absolute Gasteiger partial charge is 0.497 e. The molecule has 9 heteroatoms. The lowest BCUT2D eigenvalue weighted by Crippen LogP contribution is -2.40. The second-order valence-corrected chi connectivity index (χ2v) is 8.65. The van der Waals surface area contributed by atoms with Crippen molar-refractivity contribution < 1.29 is 27.1 Å². The Morgan fingerprint density at radius 2 is 1.59 bits per heavy atom. The Bertz CT molecular complexity index is 1170. The summed E-state index contributed by atoms with van der Waals surface area (Å²) in [6.45, 7) is -0.292. The van der Waals surface area contributed by atoms with E-state index in [1.165, 1.54) is 43.5 Å². The molecule has 0 aliphatic rings. The summed E-state index contributed by atoms with van der Waals surface area (Å²) in [6, 6.07) is 17.9. The molecule has 0 aliphatic carbocycles. The molecule has 1 N–H and O–H groups in total. The van der Waals surface area contributed by atoms with Crippen molar-refractivity contribution in [2.24, 2.45) is 0 Å². The van der Waals surface area contributed by atoms with Gasteiger partial charge in [-0.1, -0.05) is 12.1 Å². The third-order valence-corrected chi connectivity index (χ3v) is 6.46. The smallest absolute Gasteiger partial charge is 0.264 e. The number of carbonyl (C=O) groups excluding carboxylic acids is 1. The van der Waals surface area contributed by atoms with Gasteiger partial charge >= 0.3 is 0 Å². The Hall–Kier alpha value is -3.59. The predicted molar refractivity (Wildman–Crippen MR) is 119 cm³/mol. The van der Waals surface area contributed by atoms with Crippen molar-refractivity contribution in [2.75, 3.05) is 25.1 Å². The lowest BCUT2D eigenvalue weighted by molar-refractivity contribution is -0.119. The van der Waals surface area contributed by atoms with Crippen LogP contribution >= 0.6 is 0 Å². The van der Waals surface area contributed by atoms with Crippen molar-refractivity contribution in [3.05, 3.63) is 84.2 Å². The van der Waals surface area contributed by atoms with E-state index in [9.17, 15) is 17.6 Å². The van der Waals surface area contributed by atoms with Crippen molar-refractivity contribution in [1.82, 2.24) is 5.32 Å². The highest BCUT2D eigenvalue weighted by molar-refractivity contribution is 7.92. The van der Waals surface area contributed by atoms with E-state index in [0.29, 0.717) is 11.5 Å². The van der Waals surface area contributed by atoms with Gasteiger partial charge in [0.25, 0.3) is 10.0 Å². The van der Waals surface area contributed by atoms with Gasteiger partial charge in [0, 0.05) is 6.54 Å². The fourth-order valence-electron chi connectivity index (χ4n) is 2.97. The summed E-state index contributed by atoms with van der Waals surface area (Å²) in [7, 11) is -1.09. The average molecular weight is 459 g/mol. The number of methoxy groups -OCH3 is 2. The molecule has 3 aromatic carbocycles. The third kappa shape index (κ3) is 5.55. The van der Waals surface area contributed by atoms with E-state index in [4.69, 9.17) is 9.47 Å². The van der Waals surface area contributed by atoms with Crippen molar-refractivity contribution in [3.63, 3.8) is 0 Å². The SMILES string of the molecule is COc1ccc(S(=O)(=O)N(CC(=O)NCc2cccc(OC)c2)c2ccc(F)cc2)cc1. The van der Waals surface area contributed by atoms with Crippen molar-refractivity contribution >= 4 is 21.6 Å². The normalized spacial score (nSPS) is 11.0. The highest BCUT2D eigenvalue weighted by Crippen LogP contribution is 2.25. The number of halogens is 1. The third-order valence-electron chi connectivity index (χ3n) is 4.67. The van der Waals surface area contributed by atoms with Gasteiger partial charge in [0.1, 0.15) is 23.9 Å². The van der Waals surface area contributed by atoms with Crippen LogP contribution in [-0.4, -0.2) is 35.1 Å². The number of carbonyl (C=O) groups is 1. The molecule has 0 unspecified atom stereocenters. The van der Waals surface area contributed by atoms with Crippen LogP contribution in [0.2, 0.25) is 0 Å². The highest BCUT2D eigenvalue weighted by atomic mass is 32.2. The van der Waals surface area contributed by atoms with Crippen LogP contribution in [0.5, 0.6) is 11.5 Å². The first-order valence-corrected chi connectivity index (χ1v) is 11.1. The molecular formula is C23H23FN2O5S. The topological polar surface area (TPSA) is 84.9 Å². The quantitative estimate of drug-likeness (QED) is 0.532. The number of hydrogen-bond acceptors (Lipinski definition) is 5. The maximum absolute atomic E-state index is 13.4. The Kier molecular flexibility index (Phi) is 7.32. The first kappa shape index (κ1) is 23.1. The molecule has 0 saturated heterocycles. The lowest BCUT2D eigenvalue weighted by Gasteiger charge is -2.24. The zero-order valence-electron chi connectivity index (χ0n) is 17.6. The Morgan fingerprint density at radius 1 is 0.938 bits per heavy atom. The van der Waals surface area contributed by atoms with Gasteiger partial charge in [-0.05, 0) is 66.2 Å². The van der Waals surface area contributed by atoms with E-state index in [1.807, 2.05) is 6.07 Å². The van der Waals surface area contributed by atoms with Crippen LogP contribution in [0.3, 0.4) is 0 Å². The van der Waals surface area contributed by atoms with Gasteiger partial charge in [-0.2, -0.15) is 0 Å². The van der Waals surface area contributed by atoms with E-state index >= 15 is 0 Å². The van der Waals surface area contributed by atoms with Gasteiger partial charge in [-0.3, -0.25) is 9.10 Å². The molecule has 3 aromatic rings. The van der Waals surface area contributed by atoms with E-state index < -0.39 is 28.3 Å². The van der Waals surface area contributed by atoms with Crippen LogP contribution in [0.1, 0.15) is 5.56 Å². The molecule has 0 radical (unpaired) electrons. The minimum atomic E-state index is -4.11. The van der Waals surface area contributed by atoms with Gasteiger partial charge in [-0.25, -0.2) is 12.8 Å². The van der Waals surface area contributed by atoms with Crippen LogP contribution in [0, 0.1) is 5.82 Å². The number of amides is 1. The standard InChI is InChI=1S/C23H23FN2O5S/c1-30-20-10-12-22(13-11-20)32(28,29)26(19-8-6-18(24)7-9-19)16-23(27)25-15-17-4-3-5-21(14-17)31-2/h3-14H,15-16H2,1-2H3,(H,25,27). The second kappa shape index (κ2) is 10.1.